The van der Waals surface area contributed by atoms with Gasteiger partial charge in [-0.05, 0) is 32.4 Å². The fourth-order valence-corrected chi connectivity index (χ4v) is 1.26. The molecule has 6 heteroatoms. The van der Waals surface area contributed by atoms with Crippen molar-refractivity contribution in [3.8, 4) is 0 Å². The fraction of sp³-hybridized carbons (Fsp3) is 0.833. The molecule has 0 unspecified atom stereocenters. The monoisotopic (exact) mass is 260 g/mol. The van der Waals surface area contributed by atoms with E-state index in [0.29, 0.717) is 6.54 Å². The lowest BCUT2D eigenvalue weighted by atomic mass is 10.2. The number of unbranched alkanes of at least 4 members (excludes halogenated alkanes) is 2. The Kier molecular flexibility index (Phi) is 11.3. The summed E-state index contributed by atoms with van der Waals surface area (Å²) in [6, 6.07) is 0. The zero-order chi connectivity index (χ0) is 13.6. The van der Waals surface area contributed by atoms with E-state index in [0.717, 1.165) is 38.8 Å². The summed E-state index contributed by atoms with van der Waals surface area (Å²) in [4.78, 5) is 21.5. The van der Waals surface area contributed by atoms with Crippen LogP contribution in [0.1, 0.15) is 39.5 Å². The first-order valence-electron chi connectivity index (χ1n) is 6.41. The van der Waals surface area contributed by atoms with Gasteiger partial charge in [0.15, 0.2) is 0 Å². The molecule has 6 nitrogen and oxygen atoms in total. The zero-order valence-electron chi connectivity index (χ0n) is 11.3. The Bertz CT molecular complexity index is 234. The van der Waals surface area contributed by atoms with Crippen LogP contribution in [0.2, 0.25) is 0 Å². The van der Waals surface area contributed by atoms with Gasteiger partial charge >= 0.3 is 12.1 Å². The van der Waals surface area contributed by atoms with Crippen LogP contribution in [0.3, 0.4) is 0 Å². The highest BCUT2D eigenvalue weighted by Gasteiger charge is 2.01. The Morgan fingerprint density at radius 2 is 1.72 bits per heavy atom. The van der Waals surface area contributed by atoms with E-state index >= 15 is 0 Å². The Labute approximate surface area is 108 Å². The van der Waals surface area contributed by atoms with Crippen LogP contribution in [0.4, 0.5) is 4.79 Å². The fourth-order valence-electron chi connectivity index (χ4n) is 1.26. The number of carbonyl (C=O) groups excluding carboxylic acids is 2. The molecule has 0 aliphatic rings. The molecule has 0 aliphatic heterocycles. The molecular formula is C12H24N2O4. The van der Waals surface area contributed by atoms with Gasteiger partial charge in [0, 0.05) is 13.5 Å². The first-order valence-corrected chi connectivity index (χ1v) is 6.41. The zero-order valence-corrected chi connectivity index (χ0v) is 11.3. The minimum absolute atomic E-state index is 0.331. The van der Waals surface area contributed by atoms with Crippen molar-refractivity contribution in [2.24, 2.45) is 0 Å². The smallest absolute Gasteiger partial charge is 0.410 e. The van der Waals surface area contributed by atoms with Crippen molar-refractivity contribution >= 4 is 12.1 Å². The van der Waals surface area contributed by atoms with Gasteiger partial charge in [0.25, 0.3) is 0 Å². The van der Waals surface area contributed by atoms with Gasteiger partial charge in [-0.15, -0.1) is 0 Å². The SMILES string of the molecule is CCCNCCCCCNC(=O)OCOC(C)=O. The molecule has 0 bridgehead atoms. The van der Waals surface area contributed by atoms with Gasteiger partial charge in [-0.1, -0.05) is 13.3 Å². The van der Waals surface area contributed by atoms with Crippen LogP contribution in [0, 0.1) is 0 Å². The Balaban J connectivity index is 3.17. The lowest BCUT2D eigenvalue weighted by Crippen LogP contribution is -2.26. The molecule has 0 aromatic carbocycles. The van der Waals surface area contributed by atoms with Crippen molar-refractivity contribution in [2.75, 3.05) is 26.4 Å². The number of alkyl carbamates (subject to hydrolysis) is 1. The first-order chi connectivity index (χ1) is 8.66. The summed E-state index contributed by atoms with van der Waals surface area (Å²) in [5.74, 6) is -0.470. The molecule has 2 N–H and O–H groups in total. The number of esters is 1. The third-order valence-electron chi connectivity index (χ3n) is 2.18. The molecule has 0 rings (SSSR count). The minimum Gasteiger partial charge on any atom is -0.428 e. The summed E-state index contributed by atoms with van der Waals surface area (Å²) in [5.41, 5.74) is 0. The molecule has 0 saturated heterocycles. The summed E-state index contributed by atoms with van der Waals surface area (Å²) in [5, 5.41) is 5.90. The number of nitrogens with one attached hydrogen (secondary N) is 2. The molecule has 0 atom stereocenters. The molecule has 0 aliphatic carbocycles. The Morgan fingerprint density at radius 3 is 2.39 bits per heavy atom. The van der Waals surface area contributed by atoms with Crippen molar-refractivity contribution in [1.29, 1.82) is 0 Å². The number of hydrogen-bond donors (Lipinski definition) is 2. The van der Waals surface area contributed by atoms with Crippen molar-refractivity contribution in [1.82, 2.24) is 10.6 Å². The van der Waals surface area contributed by atoms with Gasteiger partial charge in [-0.25, -0.2) is 4.79 Å². The van der Waals surface area contributed by atoms with Crippen LogP contribution in [0.25, 0.3) is 0 Å². The van der Waals surface area contributed by atoms with E-state index in [1.165, 1.54) is 6.92 Å². The van der Waals surface area contributed by atoms with Crippen LogP contribution in [-0.4, -0.2) is 38.5 Å². The highest BCUT2D eigenvalue weighted by molar-refractivity contribution is 5.68. The number of carbonyl (C=O) groups is 2. The Hall–Kier alpha value is -1.30. The minimum atomic E-state index is -0.555. The largest absolute Gasteiger partial charge is 0.428 e. The molecule has 0 spiro atoms. The predicted octanol–water partition coefficient (Wildman–Crippen LogP) is 1.40. The maximum Gasteiger partial charge on any atom is 0.410 e. The van der Waals surface area contributed by atoms with Gasteiger partial charge in [0.1, 0.15) is 0 Å². The van der Waals surface area contributed by atoms with Crippen molar-refractivity contribution in [3.63, 3.8) is 0 Å². The molecule has 1 amide bonds. The normalized spacial score (nSPS) is 9.89. The molecule has 0 aromatic rings. The second-order valence-electron chi connectivity index (χ2n) is 3.92. The summed E-state index contributed by atoms with van der Waals surface area (Å²) >= 11 is 0. The number of rotatable bonds is 10. The summed E-state index contributed by atoms with van der Waals surface area (Å²) in [7, 11) is 0. The van der Waals surface area contributed by atoms with E-state index in [9.17, 15) is 9.59 Å². The summed E-state index contributed by atoms with van der Waals surface area (Å²) in [6.07, 6.45) is 3.66. The lowest BCUT2D eigenvalue weighted by molar-refractivity contribution is -0.149. The van der Waals surface area contributed by atoms with E-state index in [2.05, 4.69) is 27.0 Å². The molecule has 0 radical (unpaired) electrons. The standard InChI is InChI=1S/C12H24N2O4/c1-3-7-13-8-5-4-6-9-14-12(16)18-10-17-11(2)15/h13H,3-10H2,1-2H3,(H,14,16). The maximum absolute atomic E-state index is 11.1. The van der Waals surface area contributed by atoms with Crippen LogP contribution in [0.5, 0.6) is 0 Å². The highest BCUT2D eigenvalue weighted by Crippen LogP contribution is 1.93. The van der Waals surface area contributed by atoms with Gasteiger partial charge in [-0.2, -0.15) is 0 Å². The van der Waals surface area contributed by atoms with Crippen LogP contribution in [0.15, 0.2) is 0 Å². The molecule has 18 heavy (non-hydrogen) atoms. The predicted molar refractivity (Wildman–Crippen MR) is 68.1 cm³/mol. The van der Waals surface area contributed by atoms with Crippen molar-refractivity contribution in [2.45, 2.75) is 39.5 Å². The maximum atomic E-state index is 11.1. The third-order valence-corrected chi connectivity index (χ3v) is 2.18. The second kappa shape index (κ2) is 12.2. The third kappa shape index (κ3) is 12.8. The second-order valence-corrected chi connectivity index (χ2v) is 3.92. The van der Waals surface area contributed by atoms with E-state index < -0.39 is 12.1 Å². The van der Waals surface area contributed by atoms with Crippen molar-refractivity contribution in [3.05, 3.63) is 0 Å². The Morgan fingerprint density at radius 1 is 1.00 bits per heavy atom. The van der Waals surface area contributed by atoms with Crippen LogP contribution >= 0.6 is 0 Å². The van der Waals surface area contributed by atoms with Gasteiger partial charge in [-0.3, -0.25) is 4.79 Å². The van der Waals surface area contributed by atoms with Crippen LogP contribution in [-0.2, 0) is 14.3 Å². The molecule has 0 saturated carbocycles. The number of hydrogen-bond acceptors (Lipinski definition) is 5. The molecule has 0 heterocycles. The average molecular weight is 260 g/mol. The van der Waals surface area contributed by atoms with Crippen molar-refractivity contribution < 1.29 is 19.1 Å². The van der Waals surface area contributed by atoms with E-state index in [1.54, 1.807) is 0 Å². The summed E-state index contributed by atoms with van der Waals surface area (Å²) < 4.78 is 9.07. The number of amides is 1. The van der Waals surface area contributed by atoms with E-state index in [-0.39, 0.29) is 6.79 Å². The van der Waals surface area contributed by atoms with Crippen LogP contribution < -0.4 is 10.6 Å². The molecule has 106 valence electrons. The average Bonchev–Trinajstić information content (AvgIpc) is 2.32. The highest BCUT2D eigenvalue weighted by atomic mass is 16.7. The van der Waals surface area contributed by atoms with E-state index in [1.807, 2.05) is 0 Å². The van der Waals surface area contributed by atoms with Gasteiger partial charge < -0.3 is 20.1 Å². The van der Waals surface area contributed by atoms with Gasteiger partial charge in [0.05, 0.1) is 0 Å². The topological polar surface area (TPSA) is 76.7 Å². The summed E-state index contributed by atoms with van der Waals surface area (Å²) in [6.45, 7) is 5.71. The molecule has 0 aromatic heterocycles. The lowest BCUT2D eigenvalue weighted by Gasteiger charge is -2.06. The van der Waals surface area contributed by atoms with Gasteiger partial charge in [0.2, 0.25) is 6.79 Å². The number of ether oxygens (including phenoxy) is 2. The molecule has 0 fully saturated rings. The van der Waals surface area contributed by atoms with E-state index in [4.69, 9.17) is 0 Å². The molecular weight excluding hydrogens is 236 g/mol. The first kappa shape index (κ1) is 16.7. The quantitative estimate of drug-likeness (QED) is 0.353.